The summed E-state index contributed by atoms with van der Waals surface area (Å²) in [5, 5.41) is 14.1. The Balaban J connectivity index is 1.88. The SMILES string of the molecule is O=C1NCC2CN(c3c(Cl)cc([N+](=O)[O-])cc3Cl)CCN12. The number of nitrogens with zero attached hydrogens (tertiary/aromatic N) is 3. The number of nitro groups is 1. The van der Waals surface area contributed by atoms with E-state index >= 15 is 0 Å². The van der Waals surface area contributed by atoms with E-state index in [0.717, 1.165) is 0 Å². The molecule has 0 aliphatic carbocycles. The quantitative estimate of drug-likeness (QED) is 0.665. The van der Waals surface area contributed by atoms with Gasteiger partial charge in [0.2, 0.25) is 0 Å². The first-order valence-electron chi connectivity index (χ1n) is 6.40. The van der Waals surface area contributed by atoms with Gasteiger partial charge in [-0.1, -0.05) is 23.2 Å². The third-order valence-electron chi connectivity index (χ3n) is 3.76. The molecule has 21 heavy (non-hydrogen) atoms. The molecule has 1 aromatic carbocycles. The second-order valence-corrected chi connectivity index (χ2v) is 5.81. The van der Waals surface area contributed by atoms with E-state index in [1.54, 1.807) is 4.90 Å². The zero-order chi connectivity index (χ0) is 15.1. The van der Waals surface area contributed by atoms with E-state index in [-0.39, 0.29) is 27.8 Å². The van der Waals surface area contributed by atoms with Crippen LogP contribution in [0.2, 0.25) is 10.0 Å². The summed E-state index contributed by atoms with van der Waals surface area (Å²) in [6, 6.07) is 2.61. The number of carbonyl (C=O) groups excluding carboxylic acids is 1. The van der Waals surface area contributed by atoms with Crippen LogP contribution < -0.4 is 10.2 Å². The van der Waals surface area contributed by atoms with Gasteiger partial charge in [-0.3, -0.25) is 10.1 Å². The highest BCUT2D eigenvalue weighted by Gasteiger charge is 2.36. The molecule has 1 unspecified atom stereocenters. The highest BCUT2D eigenvalue weighted by atomic mass is 35.5. The van der Waals surface area contributed by atoms with Gasteiger partial charge in [0.15, 0.2) is 0 Å². The summed E-state index contributed by atoms with van der Waals surface area (Å²) in [6.07, 6.45) is 0. The molecule has 0 saturated carbocycles. The maximum absolute atomic E-state index is 11.6. The number of carbonyl (C=O) groups is 1. The maximum atomic E-state index is 11.6. The predicted octanol–water partition coefficient (Wildman–Crippen LogP) is 2.12. The number of hydrogen-bond donors (Lipinski definition) is 1. The summed E-state index contributed by atoms with van der Waals surface area (Å²) < 4.78 is 0. The lowest BCUT2D eigenvalue weighted by atomic mass is 10.1. The standard InChI is InChI=1S/C12H12Cl2N4O3/c13-9-3-7(18(20)21)4-10(14)11(9)16-1-2-17-8(6-16)5-15-12(17)19/h3-4,8H,1-2,5-6H2,(H,15,19). The van der Waals surface area contributed by atoms with Gasteiger partial charge in [0.1, 0.15) is 0 Å². The molecule has 0 aromatic heterocycles. The van der Waals surface area contributed by atoms with E-state index in [9.17, 15) is 14.9 Å². The number of fused-ring (bicyclic) bond motifs is 1. The van der Waals surface area contributed by atoms with Crippen molar-refractivity contribution in [1.82, 2.24) is 10.2 Å². The third-order valence-corrected chi connectivity index (χ3v) is 4.34. The number of hydrogen-bond acceptors (Lipinski definition) is 4. The molecular weight excluding hydrogens is 319 g/mol. The van der Waals surface area contributed by atoms with Gasteiger partial charge in [0, 0.05) is 38.3 Å². The van der Waals surface area contributed by atoms with E-state index in [1.165, 1.54) is 12.1 Å². The Hall–Kier alpha value is -1.73. The van der Waals surface area contributed by atoms with Gasteiger partial charge in [-0.15, -0.1) is 0 Å². The fraction of sp³-hybridized carbons (Fsp3) is 0.417. The molecular formula is C12H12Cl2N4O3. The van der Waals surface area contributed by atoms with Crippen LogP contribution >= 0.6 is 23.2 Å². The molecule has 1 aromatic rings. The van der Waals surface area contributed by atoms with Crippen molar-refractivity contribution in [2.45, 2.75) is 6.04 Å². The lowest BCUT2D eigenvalue weighted by Gasteiger charge is -2.38. The zero-order valence-electron chi connectivity index (χ0n) is 10.9. The van der Waals surface area contributed by atoms with Crippen molar-refractivity contribution in [3.8, 4) is 0 Å². The summed E-state index contributed by atoms with van der Waals surface area (Å²) in [7, 11) is 0. The van der Waals surface area contributed by atoms with Crippen LogP contribution in [0.5, 0.6) is 0 Å². The van der Waals surface area contributed by atoms with Crippen molar-refractivity contribution in [2.75, 3.05) is 31.1 Å². The van der Waals surface area contributed by atoms with Crippen molar-refractivity contribution in [2.24, 2.45) is 0 Å². The van der Waals surface area contributed by atoms with Crippen LogP contribution in [-0.2, 0) is 0 Å². The van der Waals surface area contributed by atoms with Gasteiger partial charge in [-0.05, 0) is 0 Å². The Morgan fingerprint density at radius 3 is 2.57 bits per heavy atom. The first-order valence-corrected chi connectivity index (χ1v) is 7.16. The molecule has 7 nitrogen and oxygen atoms in total. The molecule has 112 valence electrons. The second-order valence-electron chi connectivity index (χ2n) is 4.99. The Bertz CT molecular complexity index is 602. The van der Waals surface area contributed by atoms with Crippen molar-refractivity contribution >= 4 is 40.6 Å². The molecule has 3 rings (SSSR count). The zero-order valence-corrected chi connectivity index (χ0v) is 12.4. The second kappa shape index (κ2) is 5.23. The number of nitrogens with one attached hydrogen (secondary N) is 1. The fourth-order valence-electron chi connectivity index (χ4n) is 2.77. The number of anilines is 1. The molecule has 2 amide bonds. The van der Waals surface area contributed by atoms with Crippen LogP contribution in [0, 0.1) is 10.1 Å². The summed E-state index contributed by atoms with van der Waals surface area (Å²) in [4.78, 5) is 25.6. The number of non-ortho nitro benzene ring substituents is 1. The predicted molar refractivity (Wildman–Crippen MR) is 79.2 cm³/mol. The Morgan fingerprint density at radius 1 is 1.29 bits per heavy atom. The minimum absolute atomic E-state index is 0.0551. The number of nitro benzene ring substituents is 1. The van der Waals surface area contributed by atoms with Crippen LogP contribution in [0.15, 0.2) is 12.1 Å². The number of piperazine rings is 1. The van der Waals surface area contributed by atoms with E-state index in [4.69, 9.17) is 23.2 Å². The molecule has 2 aliphatic heterocycles. The van der Waals surface area contributed by atoms with Crippen LogP contribution in [0.25, 0.3) is 0 Å². The van der Waals surface area contributed by atoms with Crippen LogP contribution in [-0.4, -0.2) is 48.1 Å². The Morgan fingerprint density at radius 2 is 1.95 bits per heavy atom. The first kappa shape index (κ1) is 14.2. The number of halogens is 2. The molecule has 1 atom stereocenters. The summed E-state index contributed by atoms with van der Waals surface area (Å²) in [5.41, 5.74) is 0.452. The van der Waals surface area contributed by atoms with Crippen LogP contribution in [0.4, 0.5) is 16.2 Å². The van der Waals surface area contributed by atoms with Crippen molar-refractivity contribution in [3.63, 3.8) is 0 Å². The average Bonchev–Trinajstić information content (AvgIpc) is 2.79. The van der Waals surface area contributed by atoms with Gasteiger partial charge in [-0.2, -0.15) is 0 Å². The fourth-order valence-corrected chi connectivity index (χ4v) is 3.48. The largest absolute Gasteiger partial charge is 0.365 e. The normalized spacial score (nSPS) is 21.2. The molecule has 9 heteroatoms. The molecule has 2 heterocycles. The van der Waals surface area contributed by atoms with E-state index in [1.807, 2.05) is 4.90 Å². The van der Waals surface area contributed by atoms with E-state index in [2.05, 4.69) is 5.32 Å². The minimum Gasteiger partial charge on any atom is -0.365 e. The third kappa shape index (κ3) is 2.47. The van der Waals surface area contributed by atoms with Crippen molar-refractivity contribution < 1.29 is 9.72 Å². The summed E-state index contributed by atoms with van der Waals surface area (Å²) in [5.74, 6) is 0. The highest BCUT2D eigenvalue weighted by Crippen LogP contribution is 2.38. The molecule has 2 fully saturated rings. The van der Waals surface area contributed by atoms with Gasteiger partial charge >= 0.3 is 6.03 Å². The number of amides is 2. The van der Waals surface area contributed by atoms with Gasteiger partial charge in [0.05, 0.1) is 26.7 Å². The van der Waals surface area contributed by atoms with Gasteiger partial charge in [0.25, 0.3) is 5.69 Å². The molecule has 0 bridgehead atoms. The number of benzene rings is 1. The summed E-state index contributed by atoms with van der Waals surface area (Å²) in [6.45, 7) is 2.33. The van der Waals surface area contributed by atoms with Crippen molar-refractivity contribution in [3.05, 3.63) is 32.3 Å². The number of rotatable bonds is 2. The average molecular weight is 331 g/mol. The Labute approximate surface area is 130 Å². The lowest BCUT2D eigenvalue weighted by molar-refractivity contribution is -0.384. The smallest absolute Gasteiger partial charge is 0.317 e. The van der Waals surface area contributed by atoms with Gasteiger partial charge in [-0.25, -0.2) is 4.79 Å². The van der Waals surface area contributed by atoms with E-state index < -0.39 is 4.92 Å². The van der Waals surface area contributed by atoms with Gasteiger partial charge < -0.3 is 15.1 Å². The van der Waals surface area contributed by atoms with E-state index in [0.29, 0.717) is 31.9 Å². The van der Waals surface area contributed by atoms with Crippen LogP contribution in [0.3, 0.4) is 0 Å². The molecule has 0 radical (unpaired) electrons. The van der Waals surface area contributed by atoms with Crippen LogP contribution in [0.1, 0.15) is 0 Å². The number of urea groups is 1. The van der Waals surface area contributed by atoms with Crippen molar-refractivity contribution in [1.29, 1.82) is 0 Å². The molecule has 2 aliphatic rings. The molecule has 1 N–H and O–H groups in total. The molecule has 0 spiro atoms. The monoisotopic (exact) mass is 330 g/mol. The summed E-state index contributed by atoms with van der Waals surface area (Å²) >= 11 is 12.3. The molecule has 2 saturated heterocycles. The maximum Gasteiger partial charge on any atom is 0.317 e. The lowest BCUT2D eigenvalue weighted by Crippen LogP contribution is -2.52. The highest BCUT2D eigenvalue weighted by molar-refractivity contribution is 6.39. The minimum atomic E-state index is -0.529. The topological polar surface area (TPSA) is 78.7 Å². The Kier molecular flexibility index (Phi) is 3.54. The first-order chi connectivity index (χ1) is 9.97.